The maximum Gasteiger partial charge on any atom is 0.213 e. The van der Waals surface area contributed by atoms with Crippen molar-refractivity contribution in [3.05, 3.63) is 65.1 Å². The molecule has 0 atom stereocenters. The van der Waals surface area contributed by atoms with Crippen LogP contribution in [0.25, 0.3) is 33.4 Å². The normalized spacial score (nSPS) is 10.9. The molecule has 0 spiro atoms. The van der Waals surface area contributed by atoms with E-state index in [0.717, 1.165) is 15.6 Å². The van der Waals surface area contributed by atoms with Gasteiger partial charge in [-0.2, -0.15) is 0 Å². The average molecular weight is 452 g/mol. The number of amides is 1. The molecule has 6 nitrogen and oxygen atoms in total. The van der Waals surface area contributed by atoms with Crippen LogP contribution < -0.4 is 10.6 Å². The molecule has 0 fully saturated rings. The number of nitrogens with two attached hydrogens (primary N) is 1. The summed E-state index contributed by atoms with van der Waals surface area (Å²) in [6.45, 7) is 0. The second-order valence-corrected chi connectivity index (χ2v) is 7.32. The van der Waals surface area contributed by atoms with Crippen LogP contribution in [-0.4, -0.2) is 28.4 Å². The van der Waals surface area contributed by atoms with Gasteiger partial charge >= 0.3 is 0 Å². The lowest BCUT2D eigenvalue weighted by molar-refractivity contribution is -0.107. The molecule has 0 bridgehead atoms. The quantitative estimate of drug-likeness (QED) is 0.463. The number of nitrogens with zero attached hydrogens (tertiary/aromatic N) is 4. The Balaban J connectivity index is 1.95. The van der Waals surface area contributed by atoms with E-state index >= 15 is 0 Å². The summed E-state index contributed by atoms with van der Waals surface area (Å²) < 4.78 is 15.5. The standard InChI is InChI=1S/C21H15BrFN5O/c1-28(11-29)18-6-5-13(8-16(18)23)17-9-15(12-3-2-4-14(22)7-12)19-20(24)25-10-26-21(19)27-17/h2-11H,1H3,(H2,24,25,26,27). The molecule has 144 valence electrons. The van der Waals surface area contributed by atoms with Crippen LogP contribution in [0, 0.1) is 5.82 Å². The molecule has 4 aromatic rings. The minimum absolute atomic E-state index is 0.184. The first kappa shape index (κ1) is 18.9. The number of rotatable bonds is 4. The third-order valence-corrected chi connectivity index (χ3v) is 5.04. The summed E-state index contributed by atoms with van der Waals surface area (Å²) in [5.74, 6) is -0.205. The molecule has 2 heterocycles. The van der Waals surface area contributed by atoms with Gasteiger partial charge in [0, 0.05) is 17.1 Å². The molecule has 29 heavy (non-hydrogen) atoms. The van der Waals surface area contributed by atoms with E-state index in [1.54, 1.807) is 6.07 Å². The molecule has 0 aliphatic rings. The van der Waals surface area contributed by atoms with Gasteiger partial charge in [-0.05, 0) is 41.5 Å². The highest BCUT2D eigenvalue weighted by atomic mass is 79.9. The Hall–Kier alpha value is -3.39. The third kappa shape index (κ3) is 3.54. The zero-order valence-electron chi connectivity index (χ0n) is 15.3. The van der Waals surface area contributed by atoms with Gasteiger partial charge in [0.1, 0.15) is 18.0 Å². The van der Waals surface area contributed by atoms with Crippen molar-refractivity contribution in [2.75, 3.05) is 17.7 Å². The smallest absolute Gasteiger partial charge is 0.213 e. The highest BCUT2D eigenvalue weighted by Crippen LogP contribution is 2.35. The fraction of sp³-hybridized carbons (Fsp3) is 0.0476. The van der Waals surface area contributed by atoms with Crippen LogP contribution in [0.1, 0.15) is 0 Å². The van der Waals surface area contributed by atoms with E-state index in [4.69, 9.17) is 5.73 Å². The zero-order valence-corrected chi connectivity index (χ0v) is 16.9. The molecule has 2 N–H and O–H groups in total. The molecule has 0 aliphatic heterocycles. The fourth-order valence-electron chi connectivity index (χ4n) is 3.13. The number of fused-ring (bicyclic) bond motifs is 1. The number of anilines is 2. The Kier molecular flexibility index (Phi) is 4.94. The van der Waals surface area contributed by atoms with Gasteiger partial charge in [-0.3, -0.25) is 4.79 Å². The zero-order chi connectivity index (χ0) is 20.5. The van der Waals surface area contributed by atoms with E-state index in [0.29, 0.717) is 34.5 Å². The highest BCUT2D eigenvalue weighted by Gasteiger charge is 2.15. The number of carbonyl (C=O) groups excluding carboxylic acids is 1. The lowest BCUT2D eigenvalue weighted by Gasteiger charge is -2.14. The molecule has 0 saturated heterocycles. The molecular weight excluding hydrogens is 437 g/mol. The highest BCUT2D eigenvalue weighted by molar-refractivity contribution is 9.10. The van der Waals surface area contributed by atoms with E-state index in [-0.39, 0.29) is 5.69 Å². The lowest BCUT2D eigenvalue weighted by Crippen LogP contribution is -2.15. The molecule has 0 saturated carbocycles. The summed E-state index contributed by atoms with van der Waals surface area (Å²) in [5.41, 5.74) is 9.49. The predicted octanol–water partition coefficient (Wildman–Crippen LogP) is 4.44. The monoisotopic (exact) mass is 451 g/mol. The number of pyridine rings is 1. The maximum absolute atomic E-state index is 14.5. The van der Waals surface area contributed by atoms with Crippen LogP contribution >= 0.6 is 15.9 Å². The van der Waals surface area contributed by atoms with Crippen molar-refractivity contribution in [2.45, 2.75) is 0 Å². The van der Waals surface area contributed by atoms with Crippen LogP contribution in [0.2, 0.25) is 0 Å². The van der Waals surface area contributed by atoms with Crippen LogP contribution in [-0.2, 0) is 4.79 Å². The molecule has 8 heteroatoms. The summed E-state index contributed by atoms with van der Waals surface area (Å²) in [6, 6.07) is 14.2. The molecular formula is C21H15BrFN5O. The SMILES string of the molecule is CN(C=O)c1ccc(-c2cc(-c3cccc(Br)c3)c3c(N)ncnc3n2)cc1F. The van der Waals surface area contributed by atoms with Gasteiger partial charge in [0.05, 0.1) is 16.8 Å². The number of hydrogen-bond acceptors (Lipinski definition) is 5. The van der Waals surface area contributed by atoms with Crippen molar-refractivity contribution < 1.29 is 9.18 Å². The Bertz CT molecular complexity index is 1250. The summed E-state index contributed by atoms with van der Waals surface area (Å²) in [5, 5.41) is 0.632. The number of carbonyl (C=O) groups is 1. The Morgan fingerprint density at radius 3 is 2.66 bits per heavy atom. The van der Waals surface area contributed by atoms with Crippen molar-refractivity contribution in [1.29, 1.82) is 0 Å². The van der Waals surface area contributed by atoms with Crippen molar-refractivity contribution in [2.24, 2.45) is 0 Å². The summed E-state index contributed by atoms with van der Waals surface area (Å²) in [7, 11) is 1.49. The van der Waals surface area contributed by atoms with E-state index < -0.39 is 5.82 Å². The molecule has 2 aromatic heterocycles. The second-order valence-electron chi connectivity index (χ2n) is 6.41. The Morgan fingerprint density at radius 2 is 1.93 bits per heavy atom. The van der Waals surface area contributed by atoms with Crippen LogP contribution in [0.4, 0.5) is 15.9 Å². The summed E-state index contributed by atoms with van der Waals surface area (Å²) in [6.07, 6.45) is 1.90. The Labute approximate surface area is 174 Å². The predicted molar refractivity (Wildman–Crippen MR) is 115 cm³/mol. The van der Waals surface area contributed by atoms with Crippen molar-refractivity contribution in [3.8, 4) is 22.4 Å². The van der Waals surface area contributed by atoms with Gasteiger partial charge in [0.2, 0.25) is 6.41 Å². The largest absolute Gasteiger partial charge is 0.383 e. The first-order valence-corrected chi connectivity index (χ1v) is 9.42. The average Bonchev–Trinajstić information content (AvgIpc) is 2.72. The van der Waals surface area contributed by atoms with E-state index in [2.05, 4.69) is 30.9 Å². The lowest BCUT2D eigenvalue weighted by atomic mass is 9.99. The topological polar surface area (TPSA) is 85.0 Å². The van der Waals surface area contributed by atoms with Gasteiger partial charge in [0.25, 0.3) is 0 Å². The van der Waals surface area contributed by atoms with Crippen molar-refractivity contribution in [1.82, 2.24) is 15.0 Å². The van der Waals surface area contributed by atoms with Crippen LogP contribution in [0.3, 0.4) is 0 Å². The van der Waals surface area contributed by atoms with E-state index in [1.807, 2.05) is 30.3 Å². The molecule has 1 amide bonds. The number of nitrogen functional groups attached to an aromatic ring is 1. The summed E-state index contributed by atoms with van der Waals surface area (Å²) >= 11 is 3.48. The van der Waals surface area contributed by atoms with Gasteiger partial charge in [0.15, 0.2) is 5.65 Å². The van der Waals surface area contributed by atoms with Crippen LogP contribution in [0.15, 0.2) is 59.3 Å². The maximum atomic E-state index is 14.5. The molecule has 4 rings (SSSR count). The number of halogens is 2. The Morgan fingerprint density at radius 1 is 1.10 bits per heavy atom. The molecule has 2 aromatic carbocycles. The van der Waals surface area contributed by atoms with Crippen molar-refractivity contribution >= 4 is 44.9 Å². The number of benzene rings is 2. The van der Waals surface area contributed by atoms with Gasteiger partial charge < -0.3 is 10.6 Å². The van der Waals surface area contributed by atoms with Gasteiger partial charge in [-0.15, -0.1) is 0 Å². The molecule has 0 radical (unpaired) electrons. The minimum atomic E-state index is -0.523. The first-order chi connectivity index (χ1) is 14.0. The first-order valence-electron chi connectivity index (χ1n) is 8.63. The van der Waals surface area contributed by atoms with E-state index in [9.17, 15) is 9.18 Å². The number of aromatic nitrogens is 3. The summed E-state index contributed by atoms with van der Waals surface area (Å²) in [4.78, 5) is 25.0. The van der Waals surface area contributed by atoms with Crippen LogP contribution in [0.5, 0.6) is 0 Å². The fourth-order valence-corrected chi connectivity index (χ4v) is 3.53. The van der Waals surface area contributed by atoms with E-state index in [1.165, 1.54) is 30.4 Å². The third-order valence-electron chi connectivity index (χ3n) is 4.55. The number of hydrogen-bond donors (Lipinski definition) is 1. The molecule has 0 unspecified atom stereocenters. The minimum Gasteiger partial charge on any atom is -0.383 e. The molecule has 0 aliphatic carbocycles. The van der Waals surface area contributed by atoms with Gasteiger partial charge in [-0.25, -0.2) is 19.3 Å². The van der Waals surface area contributed by atoms with Crippen molar-refractivity contribution in [3.63, 3.8) is 0 Å². The van der Waals surface area contributed by atoms with Gasteiger partial charge in [-0.1, -0.05) is 34.1 Å². The second kappa shape index (κ2) is 7.56.